The molecule has 0 aliphatic carbocycles. The van der Waals surface area contributed by atoms with Gasteiger partial charge in [-0.3, -0.25) is 0 Å². The fraction of sp³-hybridized carbons (Fsp3) is 0.308. The summed E-state index contributed by atoms with van der Waals surface area (Å²) in [6, 6.07) is 9.91. The minimum atomic E-state index is 0.389. The number of fused-ring (bicyclic) bond motifs is 1. The Morgan fingerprint density at radius 2 is 2.06 bits per heavy atom. The quantitative estimate of drug-likeness (QED) is 0.605. The van der Waals surface area contributed by atoms with Crippen LogP contribution in [0, 0.1) is 0 Å². The SMILES string of the molecule is COCCOc1nc2ccccc2cc1CCl. The summed E-state index contributed by atoms with van der Waals surface area (Å²) in [6.07, 6.45) is 0. The van der Waals surface area contributed by atoms with E-state index in [-0.39, 0.29) is 0 Å². The molecule has 4 heteroatoms. The zero-order valence-corrected chi connectivity index (χ0v) is 10.4. The number of ether oxygens (including phenoxy) is 2. The largest absolute Gasteiger partial charge is 0.475 e. The lowest BCUT2D eigenvalue weighted by molar-refractivity contribution is 0.143. The lowest BCUT2D eigenvalue weighted by atomic mass is 10.2. The number of nitrogens with zero attached hydrogens (tertiary/aromatic N) is 1. The highest BCUT2D eigenvalue weighted by Gasteiger charge is 2.07. The summed E-state index contributed by atoms with van der Waals surface area (Å²) >= 11 is 5.89. The van der Waals surface area contributed by atoms with Crippen LogP contribution in [-0.2, 0) is 10.6 Å². The number of hydrogen-bond donors (Lipinski definition) is 0. The van der Waals surface area contributed by atoms with Crippen molar-refractivity contribution in [2.75, 3.05) is 20.3 Å². The zero-order chi connectivity index (χ0) is 12.1. The second-order valence-corrected chi connectivity index (χ2v) is 3.89. The molecule has 2 aromatic rings. The van der Waals surface area contributed by atoms with Gasteiger partial charge in [0, 0.05) is 18.1 Å². The smallest absolute Gasteiger partial charge is 0.218 e. The fourth-order valence-corrected chi connectivity index (χ4v) is 1.78. The first-order valence-electron chi connectivity index (χ1n) is 5.41. The molecule has 0 aliphatic heterocycles. The van der Waals surface area contributed by atoms with Gasteiger partial charge in [0.1, 0.15) is 6.61 Å². The van der Waals surface area contributed by atoms with Crippen molar-refractivity contribution >= 4 is 22.5 Å². The van der Waals surface area contributed by atoms with Gasteiger partial charge in [-0.2, -0.15) is 0 Å². The van der Waals surface area contributed by atoms with Crippen LogP contribution in [0.15, 0.2) is 30.3 Å². The number of hydrogen-bond acceptors (Lipinski definition) is 3. The number of methoxy groups -OCH3 is 1. The predicted octanol–water partition coefficient (Wildman–Crippen LogP) is 3.00. The highest BCUT2D eigenvalue weighted by Crippen LogP contribution is 2.23. The summed E-state index contributed by atoms with van der Waals surface area (Å²) in [7, 11) is 1.64. The molecule has 1 heterocycles. The van der Waals surface area contributed by atoms with Crippen LogP contribution in [0.2, 0.25) is 0 Å². The lowest BCUT2D eigenvalue weighted by Gasteiger charge is -2.09. The van der Waals surface area contributed by atoms with Crippen molar-refractivity contribution in [1.82, 2.24) is 4.98 Å². The van der Waals surface area contributed by atoms with Gasteiger partial charge in [0.05, 0.1) is 18.0 Å². The van der Waals surface area contributed by atoms with E-state index >= 15 is 0 Å². The second-order valence-electron chi connectivity index (χ2n) is 3.62. The van der Waals surface area contributed by atoms with Gasteiger partial charge in [-0.05, 0) is 12.1 Å². The van der Waals surface area contributed by atoms with Crippen LogP contribution in [0.3, 0.4) is 0 Å². The van der Waals surface area contributed by atoms with Crippen LogP contribution < -0.4 is 4.74 Å². The third-order valence-corrected chi connectivity index (χ3v) is 2.72. The van der Waals surface area contributed by atoms with Crippen molar-refractivity contribution in [3.05, 3.63) is 35.9 Å². The van der Waals surface area contributed by atoms with E-state index in [0.717, 1.165) is 16.5 Å². The molecule has 0 atom stereocenters. The van der Waals surface area contributed by atoms with Crippen molar-refractivity contribution in [2.24, 2.45) is 0 Å². The minimum Gasteiger partial charge on any atom is -0.475 e. The molecule has 1 aromatic heterocycles. The molecule has 0 radical (unpaired) electrons. The summed E-state index contributed by atoms with van der Waals surface area (Å²) in [6.45, 7) is 1.02. The van der Waals surface area contributed by atoms with Gasteiger partial charge < -0.3 is 9.47 Å². The minimum absolute atomic E-state index is 0.389. The molecule has 0 N–H and O–H groups in total. The van der Waals surface area contributed by atoms with Crippen LogP contribution in [0.1, 0.15) is 5.56 Å². The van der Waals surface area contributed by atoms with E-state index in [4.69, 9.17) is 21.1 Å². The number of aromatic nitrogens is 1. The standard InChI is InChI=1S/C13H14ClNO2/c1-16-6-7-17-13-11(9-14)8-10-4-2-3-5-12(10)15-13/h2-5,8H,6-7,9H2,1H3. The number of pyridine rings is 1. The van der Waals surface area contributed by atoms with E-state index in [2.05, 4.69) is 4.98 Å². The van der Waals surface area contributed by atoms with Crippen molar-refractivity contribution in [1.29, 1.82) is 0 Å². The first-order valence-corrected chi connectivity index (χ1v) is 5.95. The topological polar surface area (TPSA) is 31.4 Å². The Morgan fingerprint density at radius 3 is 2.82 bits per heavy atom. The molecule has 0 aliphatic rings. The van der Waals surface area contributed by atoms with Crippen LogP contribution in [-0.4, -0.2) is 25.3 Å². The Hall–Kier alpha value is -1.32. The molecule has 0 saturated carbocycles. The highest BCUT2D eigenvalue weighted by atomic mass is 35.5. The summed E-state index contributed by atoms with van der Waals surface area (Å²) < 4.78 is 10.5. The van der Waals surface area contributed by atoms with Gasteiger partial charge in [-0.25, -0.2) is 4.98 Å². The molecule has 0 amide bonds. The Labute approximate surface area is 105 Å². The molecule has 1 aromatic carbocycles. The summed E-state index contributed by atoms with van der Waals surface area (Å²) in [4.78, 5) is 4.46. The molecular formula is C13H14ClNO2. The first kappa shape index (κ1) is 12.1. The Balaban J connectivity index is 2.32. The molecular weight excluding hydrogens is 238 g/mol. The van der Waals surface area contributed by atoms with E-state index in [9.17, 15) is 0 Å². The zero-order valence-electron chi connectivity index (χ0n) is 9.65. The Bertz CT molecular complexity index is 502. The molecule has 0 spiro atoms. The van der Waals surface area contributed by atoms with E-state index in [0.29, 0.717) is 25.0 Å². The van der Waals surface area contributed by atoms with Crippen LogP contribution >= 0.6 is 11.6 Å². The highest BCUT2D eigenvalue weighted by molar-refractivity contribution is 6.17. The molecule has 2 rings (SSSR count). The second kappa shape index (κ2) is 5.84. The van der Waals surface area contributed by atoms with E-state index in [1.165, 1.54) is 0 Å². The van der Waals surface area contributed by atoms with Crippen LogP contribution in [0.4, 0.5) is 0 Å². The molecule has 0 bridgehead atoms. The average Bonchev–Trinajstić information content (AvgIpc) is 2.38. The average molecular weight is 252 g/mol. The number of rotatable bonds is 5. The Kier molecular flexibility index (Phi) is 4.18. The van der Waals surface area contributed by atoms with Crippen LogP contribution in [0.25, 0.3) is 10.9 Å². The lowest BCUT2D eigenvalue weighted by Crippen LogP contribution is -2.07. The van der Waals surface area contributed by atoms with E-state index in [1.807, 2.05) is 30.3 Å². The Morgan fingerprint density at radius 1 is 1.24 bits per heavy atom. The number of alkyl halides is 1. The van der Waals surface area contributed by atoms with Gasteiger partial charge >= 0.3 is 0 Å². The number of halogens is 1. The molecule has 0 fully saturated rings. The summed E-state index contributed by atoms with van der Waals surface area (Å²) in [5.41, 5.74) is 1.82. The number of para-hydroxylation sites is 1. The van der Waals surface area contributed by atoms with Crippen molar-refractivity contribution in [2.45, 2.75) is 5.88 Å². The van der Waals surface area contributed by atoms with Gasteiger partial charge in [0.25, 0.3) is 0 Å². The van der Waals surface area contributed by atoms with Crippen molar-refractivity contribution in [3.63, 3.8) is 0 Å². The maximum absolute atomic E-state index is 5.89. The maximum atomic E-state index is 5.89. The normalized spacial score (nSPS) is 10.7. The van der Waals surface area contributed by atoms with Gasteiger partial charge in [-0.1, -0.05) is 18.2 Å². The van der Waals surface area contributed by atoms with Gasteiger partial charge in [0.15, 0.2) is 0 Å². The fourth-order valence-electron chi connectivity index (χ4n) is 1.58. The first-order chi connectivity index (χ1) is 8.35. The van der Waals surface area contributed by atoms with E-state index in [1.54, 1.807) is 7.11 Å². The van der Waals surface area contributed by atoms with Crippen molar-refractivity contribution < 1.29 is 9.47 Å². The van der Waals surface area contributed by atoms with Gasteiger partial charge in [0.2, 0.25) is 5.88 Å². The molecule has 3 nitrogen and oxygen atoms in total. The summed E-state index contributed by atoms with van der Waals surface area (Å²) in [5, 5.41) is 1.07. The molecule has 17 heavy (non-hydrogen) atoms. The molecule has 0 unspecified atom stereocenters. The third-order valence-electron chi connectivity index (χ3n) is 2.43. The molecule has 90 valence electrons. The third kappa shape index (κ3) is 2.87. The maximum Gasteiger partial charge on any atom is 0.218 e. The monoisotopic (exact) mass is 251 g/mol. The van der Waals surface area contributed by atoms with Crippen LogP contribution in [0.5, 0.6) is 5.88 Å². The summed E-state index contributed by atoms with van der Waals surface area (Å²) in [5.74, 6) is 0.982. The predicted molar refractivity (Wildman–Crippen MR) is 68.7 cm³/mol. The van der Waals surface area contributed by atoms with Gasteiger partial charge in [-0.15, -0.1) is 11.6 Å². The molecule has 0 saturated heterocycles. The number of benzene rings is 1. The van der Waals surface area contributed by atoms with E-state index < -0.39 is 0 Å². The van der Waals surface area contributed by atoms with Crippen molar-refractivity contribution in [3.8, 4) is 5.88 Å².